The molecule has 1 aliphatic rings. The quantitative estimate of drug-likeness (QED) is 0.127. The zero-order chi connectivity index (χ0) is 31.6. The van der Waals surface area contributed by atoms with Gasteiger partial charge in [0.05, 0.1) is 27.3 Å². The zero-order valence-corrected chi connectivity index (χ0v) is 28.7. The number of thiophene rings is 1. The maximum absolute atomic E-state index is 13.9. The second kappa shape index (κ2) is 20.5. The van der Waals surface area contributed by atoms with Crippen LogP contribution in [0.25, 0.3) is 0 Å². The average Bonchev–Trinajstić information content (AvgIpc) is 3.71. The minimum absolute atomic E-state index is 0.0140. The third kappa shape index (κ3) is 12.4. The van der Waals surface area contributed by atoms with Gasteiger partial charge in [-0.2, -0.15) is 0 Å². The Bertz CT molecular complexity index is 1110. The van der Waals surface area contributed by atoms with Crippen molar-refractivity contribution >= 4 is 23.2 Å². The summed E-state index contributed by atoms with van der Waals surface area (Å²) in [5, 5.41) is 2.08. The molecule has 0 radical (unpaired) electrons. The van der Waals surface area contributed by atoms with Crippen LogP contribution in [-0.2, 0) is 22.6 Å². The van der Waals surface area contributed by atoms with Gasteiger partial charge in [-0.05, 0) is 80.4 Å². The second-order valence-corrected chi connectivity index (χ2v) is 13.2. The fourth-order valence-corrected chi connectivity index (χ4v) is 6.82. The number of nitrogens with zero attached hydrogens (tertiary/aromatic N) is 3. The molecule has 0 unspecified atom stereocenters. The van der Waals surface area contributed by atoms with Gasteiger partial charge in [-0.3, -0.25) is 9.59 Å². The van der Waals surface area contributed by atoms with Gasteiger partial charge in [0.2, 0.25) is 11.8 Å². The molecule has 0 bridgehead atoms. The second-order valence-electron chi connectivity index (χ2n) is 12.2. The van der Waals surface area contributed by atoms with Gasteiger partial charge in [0.25, 0.3) is 0 Å². The van der Waals surface area contributed by atoms with Crippen LogP contribution in [0.4, 0.5) is 0 Å². The van der Waals surface area contributed by atoms with Crippen molar-refractivity contribution in [3.05, 3.63) is 45.6 Å². The molecule has 2 aromatic rings. The van der Waals surface area contributed by atoms with Gasteiger partial charge < -0.3 is 24.2 Å². The van der Waals surface area contributed by atoms with Crippen LogP contribution >= 0.6 is 11.3 Å². The summed E-state index contributed by atoms with van der Waals surface area (Å²) in [7, 11) is 3.27. The normalized spacial score (nSPS) is 13.3. The molecule has 0 saturated carbocycles. The Morgan fingerprint density at radius 3 is 2.16 bits per heavy atom. The molecule has 8 heteroatoms. The van der Waals surface area contributed by atoms with E-state index in [4.69, 9.17) is 9.47 Å². The molecular weight excluding hydrogens is 570 g/mol. The predicted molar refractivity (Wildman–Crippen MR) is 182 cm³/mol. The van der Waals surface area contributed by atoms with E-state index in [2.05, 4.69) is 30.2 Å². The number of rotatable bonds is 22. The summed E-state index contributed by atoms with van der Waals surface area (Å²) in [6.45, 7) is 9.24. The van der Waals surface area contributed by atoms with Crippen molar-refractivity contribution in [2.24, 2.45) is 0 Å². The third-order valence-electron chi connectivity index (χ3n) is 8.83. The van der Waals surface area contributed by atoms with E-state index in [0.717, 1.165) is 38.0 Å². The Morgan fingerprint density at radius 2 is 1.52 bits per heavy atom. The third-order valence-corrected chi connectivity index (χ3v) is 9.84. The number of hydrogen-bond donors (Lipinski definition) is 0. The summed E-state index contributed by atoms with van der Waals surface area (Å²) in [5.41, 5.74) is 2.28. The van der Waals surface area contributed by atoms with E-state index in [1.54, 1.807) is 25.6 Å². The fourth-order valence-electron chi connectivity index (χ4n) is 5.90. The van der Waals surface area contributed by atoms with E-state index < -0.39 is 0 Å². The number of aryl methyl sites for hydroxylation is 1. The van der Waals surface area contributed by atoms with Crippen LogP contribution in [0.5, 0.6) is 11.5 Å². The number of methoxy groups -OCH3 is 2. The van der Waals surface area contributed by atoms with Gasteiger partial charge in [-0.25, -0.2) is 0 Å². The maximum atomic E-state index is 13.9. The zero-order valence-electron chi connectivity index (χ0n) is 27.9. The van der Waals surface area contributed by atoms with Crippen LogP contribution in [0, 0.1) is 6.92 Å². The first-order valence-electron chi connectivity index (χ1n) is 17.0. The van der Waals surface area contributed by atoms with Crippen LogP contribution in [0.1, 0.15) is 100.0 Å². The van der Waals surface area contributed by atoms with E-state index in [-0.39, 0.29) is 18.4 Å². The van der Waals surface area contributed by atoms with E-state index in [0.29, 0.717) is 44.0 Å². The van der Waals surface area contributed by atoms with Crippen LogP contribution in [0.2, 0.25) is 0 Å². The largest absolute Gasteiger partial charge is 0.493 e. The molecule has 2 amide bonds. The van der Waals surface area contributed by atoms with E-state index in [9.17, 15) is 9.59 Å². The number of benzene rings is 1. The Hall–Kier alpha value is -2.58. The van der Waals surface area contributed by atoms with Crippen molar-refractivity contribution in [1.82, 2.24) is 14.7 Å². The van der Waals surface area contributed by atoms with Crippen molar-refractivity contribution in [3.63, 3.8) is 0 Å². The highest BCUT2D eigenvalue weighted by Crippen LogP contribution is 2.28. The lowest BCUT2D eigenvalue weighted by molar-refractivity contribution is -0.141. The van der Waals surface area contributed by atoms with E-state index in [1.165, 1.54) is 68.2 Å². The fraction of sp³-hybridized carbons (Fsp3) is 0.667. The Morgan fingerprint density at radius 1 is 0.841 bits per heavy atom. The SMILES string of the molecule is CCCCCCCCCCCC(=O)N(CCN1CCCC1)CC(=O)N(CCc1ccc(OC)c(OC)c1)Cc1sccc1C. The van der Waals surface area contributed by atoms with Gasteiger partial charge >= 0.3 is 0 Å². The standard InChI is InChI=1S/C36H57N3O4S/c1-5-6-7-8-9-10-11-12-13-16-35(40)39(25-24-37-21-14-15-22-37)29-36(41)38(28-34-30(2)20-26-44-34)23-19-31-17-18-32(42-3)33(27-31)43-4/h17-18,20,26-27H,5-16,19,21-25,28-29H2,1-4H3. The number of hydrogen-bond acceptors (Lipinski definition) is 6. The molecule has 1 aliphatic heterocycles. The average molecular weight is 628 g/mol. The lowest BCUT2D eigenvalue weighted by Crippen LogP contribution is -2.45. The molecule has 0 N–H and O–H groups in total. The summed E-state index contributed by atoms with van der Waals surface area (Å²) in [6, 6.07) is 8.02. The molecule has 1 aromatic heterocycles. The lowest BCUT2D eigenvalue weighted by atomic mass is 10.1. The number of carbonyl (C=O) groups excluding carboxylic acids is 2. The molecule has 3 rings (SSSR count). The summed E-state index contributed by atoms with van der Waals surface area (Å²) < 4.78 is 10.9. The van der Waals surface area contributed by atoms with Gasteiger partial charge in [0, 0.05) is 30.9 Å². The van der Waals surface area contributed by atoms with E-state index in [1.807, 2.05) is 28.0 Å². The number of likely N-dealkylation sites (tertiary alicyclic amines) is 1. The Labute approximate surface area is 270 Å². The molecule has 0 atom stereocenters. The monoisotopic (exact) mass is 627 g/mol. The highest BCUT2D eigenvalue weighted by atomic mass is 32.1. The van der Waals surface area contributed by atoms with Crippen molar-refractivity contribution in [3.8, 4) is 11.5 Å². The Balaban J connectivity index is 1.62. The van der Waals surface area contributed by atoms with Gasteiger partial charge in [-0.1, -0.05) is 64.4 Å². The molecule has 1 saturated heterocycles. The van der Waals surface area contributed by atoms with Crippen LogP contribution in [-0.4, -0.2) is 80.0 Å². The minimum Gasteiger partial charge on any atom is -0.493 e. The molecule has 246 valence electrons. The lowest BCUT2D eigenvalue weighted by Gasteiger charge is -2.29. The summed E-state index contributed by atoms with van der Waals surface area (Å²) in [5.74, 6) is 1.51. The molecule has 0 spiro atoms. The number of ether oxygens (including phenoxy) is 2. The molecule has 44 heavy (non-hydrogen) atoms. The number of carbonyl (C=O) groups is 2. The first-order chi connectivity index (χ1) is 21.4. The molecule has 1 aromatic carbocycles. The smallest absolute Gasteiger partial charge is 0.242 e. The van der Waals surface area contributed by atoms with Crippen LogP contribution < -0.4 is 9.47 Å². The topological polar surface area (TPSA) is 62.3 Å². The molecule has 7 nitrogen and oxygen atoms in total. The number of unbranched alkanes of at least 4 members (excludes halogenated alkanes) is 8. The summed E-state index contributed by atoms with van der Waals surface area (Å²) in [4.78, 5) is 34.8. The summed E-state index contributed by atoms with van der Waals surface area (Å²) >= 11 is 1.69. The van der Waals surface area contributed by atoms with Crippen LogP contribution in [0.3, 0.4) is 0 Å². The highest BCUT2D eigenvalue weighted by molar-refractivity contribution is 7.10. The predicted octanol–water partition coefficient (Wildman–Crippen LogP) is 7.49. The van der Waals surface area contributed by atoms with Crippen LogP contribution in [0.15, 0.2) is 29.6 Å². The van der Waals surface area contributed by atoms with Crippen molar-refractivity contribution in [2.45, 2.75) is 104 Å². The molecule has 2 heterocycles. The van der Waals surface area contributed by atoms with Crippen molar-refractivity contribution < 1.29 is 19.1 Å². The molecule has 0 aliphatic carbocycles. The molecule has 1 fully saturated rings. The van der Waals surface area contributed by atoms with Gasteiger partial charge in [0.1, 0.15) is 0 Å². The van der Waals surface area contributed by atoms with Crippen molar-refractivity contribution in [1.29, 1.82) is 0 Å². The van der Waals surface area contributed by atoms with Crippen molar-refractivity contribution in [2.75, 3.05) is 53.5 Å². The minimum atomic E-state index is 0.0140. The Kier molecular flexibility index (Phi) is 16.7. The van der Waals surface area contributed by atoms with Gasteiger partial charge in [-0.15, -0.1) is 11.3 Å². The maximum Gasteiger partial charge on any atom is 0.242 e. The van der Waals surface area contributed by atoms with E-state index >= 15 is 0 Å². The highest BCUT2D eigenvalue weighted by Gasteiger charge is 2.23. The first-order valence-corrected chi connectivity index (χ1v) is 17.8. The molecular formula is C36H57N3O4S. The summed E-state index contributed by atoms with van der Waals surface area (Å²) in [6.07, 6.45) is 14.7. The van der Waals surface area contributed by atoms with Gasteiger partial charge in [0.15, 0.2) is 11.5 Å². The first kappa shape index (κ1) is 35.9. The number of amides is 2.